The topological polar surface area (TPSA) is 140 Å². The molecule has 9 aromatic rings. The van der Waals surface area contributed by atoms with Gasteiger partial charge in [0.05, 0.1) is 0 Å². The summed E-state index contributed by atoms with van der Waals surface area (Å²) in [4.78, 5) is 17.6. The Labute approximate surface area is 398 Å². The Bertz CT molecular complexity index is 2870. The van der Waals surface area contributed by atoms with E-state index >= 15 is 0 Å². The molecule has 0 aliphatic heterocycles. The first-order valence-corrected chi connectivity index (χ1v) is 21.3. The van der Waals surface area contributed by atoms with Gasteiger partial charge in [0.25, 0.3) is 0 Å². The molecule has 0 bridgehead atoms. The summed E-state index contributed by atoms with van der Waals surface area (Å²) in [5.41, 5.74) is 29.3. The molecule has 4 N–H and O–H groups in total. The zero-order chi connectivity index (χ0) is 50.0. The third kappa shape index (κ3) is 11.9. The van der Waals surface area contributed by atoms with Crippen LogP contribution in [0.1, 0.15) is 0 Å². The maximum Gasteiger partial charge on any atom is 0.430 e. The average molecular weight is 947 g/mol. The number of pyridine rings is 2. The fourth-order valence-electron chi connectivity index (χ4n) is 7.47. The lowest BCUT2D eigenvalue weighted by Crippen LogP contribution is -2.37. The molecule has 2 heterocycles. The van der Waals surface area contributed by atoms with Gasteiger partial charge >= 0.3 is 12.4 Å². The highest BCUT2D eigenvalue weighted by Crippen LogP contribution is 2.35. The van der Waals surface area contributed by atoms with E-state index in [1.165, 1.54) is 0 Å². The molecule has 0 fully saturated rings. The van der Waals surface area contributed by atoms with Crippen LogP contribution >= 0.6 is 0 Å². The maximum absolute atomic E-state index is 10.5. The van der Waals surface area contributed by atoms with Crippen LogP contribution in [0, 0.1) is 0 Å². The lowest BCUT2D eigenvalue weighted by atomic mass is 9.95. The Kier molecular flexibility index (Phi) is 14.9. The normalized spacial score (nSPS) is 11.1. The number of alkyl halides is 6. The van der Waals surface area contributed by atoms with E-state index in [-0.39, 0.29) is 0 Å². The van der Waals surface area contributed by atoms with Crippen molar-refractivity contribution in [3.63, 3.8) is 0 Å². The molecule has 0 spiro atoms. The number of anilines is 2. The Morgan fingerprint density at radius 3 is 0.743 bits per heavy atom. The van der Waals surface area contributed by atoms with Gasteiger partial charge in [-0.2, -0.15) is 35.5 Å². The number of aromatic nitrogens is 2. The molecular formula is C56H40F6N4O4. The number of halogens is 6. The van der Waals surface area contributed by atoms with Crippen LogP contribution in [0.3, 0.4) is 0 Å². The summed E-state index contributed by atoms with van der Waals surface area (Å²) in [5, 5.41) is 17.6. The highest BCUT2D eigenvalue weighted by molar-refractivity contribution is 5.79. The summed E-state index contributed by atoms with van der Waals surface area (Å²) in [6.45, 7) is 0. The van der Waals surface area contributed by atoms with Gasteiger partial charge in [-0.15, -0.1) is 0 Å². The van der Waals surface area contributed by atoms with Crippen LogP contribution in [0.4, 0.5) is 37.7 Å². The Morgan fingerprint density at radius 1 is 0.329 bits per heavy atom. The third-order valence-electron chi connectivity index (χ3n) is 10.7. The van der Waals surface area contributed by atoms with Crippen molar-refractivity contribution in [3.8, 4) is 78.7 Å². The minimum atomic E-state index is -5.19. The van der Waals surface area contributed by atoms with Gasteiger partial charge in [-0.1, -0.05) is 97.1 Å². The predicted molar refractivity (Wildman–Crippen MR) is 253 cm³/mol. The monoisotopic (exact) mass is 946 g/mol. The van der Waals surface area contributed by atoms with E-state index in [0.29, 0.717) is 0 Å². The third-order valence-corrected chi connectivity index (χ3v) is 10.7. The van der Waals surface area contributed by atoms with Gasteiger partial charge in [0, 0.05) is 82.2 Å². The minimum Gasteiger partial charge on any atom is -0.542 e. The number of nitrogen functional groups attached to an aromatic ring is 2. The summed E-state index contributed by atoms with van der Waals surface area (Å²) in [5.74, 6) is -6.01. The van der Waals surface area contributed by atoms with Crippen LogP contribution in [-0.2, 0) is 9.59 Å². The lowest BCUT2D eigenvalue weighted by molar-refractivity contribution is -0.572. The van der Waals surface area contributed by atoms with E-state index < -0.39 is 24.3 Å². The van der Waals surface area contributed by atoms with E-state index in [1.54, 1.807) is 0 Å². The SMILES string of the molecule is Nc1ccc(-[n+]2c(-c3ccccc3)cc(-c3ccc(-c4cc(-c5ccccc5)[n+](-c5ccc(N)cc5)c(-c5ccccc5)c4)cc3)cc2-c2ccccc2)cc1.O=C([O-])C(F)(F)F.O=C([O-])C(F)(F)F. The van der Waals surface area contributed by atoms with Crippen molar-refractivity contribution in [2.75, 3.05) is 11.5 Å². The molecule has 8 nitrogen and oxygen atoms in total. The molecule has 9 rings (SSSR count). The van der Waals surface area contributed by atoms with Crippen molar-refractivity contribution < 1.29 is 55.3 Å². The van der Waals surface area contributed by atoms with Gasteiger partial charge in [0.1, 0.15) is 11.9 Å². The molecule has 14 heteroatoms. The van der Waals surface area contributed by atoms with Crippen LogP contribution in [0.15, 0.2) is 218 Å². The molecule has 0 unspecified atom stereocenters. The van der Waals surface area contributed by atoms with Gasteiger partial charge in [0.15, 0.2) is 0 Å². The number of carboxylic acids is 2. The first kappa shape index (κ1) is 48.9. The summed E-state index contributed by atoms with van der Waals surface area (Å²) < 4.78 is 67.8. The van der Waals surface area contributed by atoms with E-state index in [4.69, 9.17) is 31.3 Å². The zero-order valence-corrected chi connectivity index (χ0v) is 36.7. The van der Waals surface area contributed by atoms with Crippen molar-refractivity contribution >= 4 is 23.3 Å². The van der Waals surface area contributed by atoms with Crippen molar-refractivity contribution in [1.82, 2.24) is 0 Å². The van der Waals surface area contributed by atoms with Gasteiger partial charge in [-0.05, 0) is 95.1 Å². The molecule has 2 aromatic heterocycles. The summed E-state index contributed by atoms with van der Waals surface area (Å²) >= 11 is 0. The minimum absolute atomic E-state index is 0.735. The van der Waals surface area contributed by atoms with Crippen LogP contribution in [0.25, 0.3) is 78.7 Å². The second-order valence-electron chi connectivity index (χ2n) is 15.5. The quantitative estimate of drug-likeness (QED) is 0.0884. The van der Waals surface area contributed by atoms with Gasteiger partial charge < -0.3 is 31.3 Å². The number of hydrogen-bond acceptors (Lipinski definition) is 6. The molecule has 0 amide bonds. The molecule has 0 radical (unpaired) electrons. The zero-order valence-electron chi connectivity index (χ0n) is 36.7. The maximum atomic E-state index is 10.5. The number of hydrogen-bond donors (Lipinski definition) is 2. The second-order valence-corrected chi connectivity index (χ2v) is 15.5. The number of carbonyl (C=O) groups excluding carboxylic acids is 2. The van der Waals surface area contributed by atoms with Crippen molar-refractivity contribution in [3.05, 3.63) is 218 Å². The number of rotatable bonds is 8. The van der Waals surface area contributed by atoms with Crippen molar-refractivity contribution in [1.29, 1.82) is 0 Å². The van der Waals surface area contributed by atoms with Crippen molar-refractivity contribution in [2.45, 2.75) is 12.4 Å². The number of aliphatic carboxylic acids is 2. The molecule has 0 saturated heterocycles. The number of nitrogens with two attached hydrogens (primary N) is 2. The van der Waals surface area contributed by atoms with Crippen LogP contribution in [0.2, 0.25) is 0 Å². The molecule has 0 saturated carbocycles. The van der Waals surface area contributed by atoms with Gasteiger partial charge in [0.2, 0.25) is 34.2 Å². The highest BCUT2D eigenvalue weighted by Gasteiger charge is 2.30. The van der Waals surface area contributed by atoms with Crippen LogP contribution in [-0.4, -0.2) is 24.3 Å². The Hall–Kier alpha value is -9.04. The second kappa shape index (κ2) is 21.3. The average Bonchev–Trinajstić information content (AvgIpc) is 3.37. The van der Waals surface area contributed by atoms with E-state index in [0.717, 1.165) is 90.0 Å². The highest BCUT2D eigenvalue weighted by atomic mass is 19.4. The number of carbonyl (C=O) groups is 2. The molecule has 70 heavy (non-hydrogen) atoms. The first-order valence-electron chi connectivity index (χ1n) is 21.3. The number of nitrogens with zero attached hydrogens (tertiary/aromatic N) is 2. The van der Waals surface area contributed by atoms with Crippen molar-refractivity contribution in [2.24, 2.45) is 0 Å². The standard InChI is InChI=1S/C52H39N4.2C2HF3O2/c53-45-25-29-47(30-26-45)55-49(39-13-5-1-6-14-39)33-43(34-50(55)40-15-7-2-8-16-40)37-21-23-38(24-22-37)44-35-51(41-17-9-3-10-18-41)56(48-31-27-46(54)28-32-48)52(36-44)42-19-11-4-12-20-42;2*3-2(4,5)1(6)7/h1-36,53H,54H2;2*(H,6,7)/q+1;;/p-1. The molecule has 7 aromatic carbocycles. The lowest BCUT2D eigenvalue weighted by Gasteiger charge is -2.14. The Balaban J connectivity index is 0.000000452. The van der Waals surface area contributed by atoms with Gasteiger partial charge in [-0.3, -0.25) is 0 Å². The summed E-state index contributed by atoms with van der Waals surface area (Å²) in [7, 11) is 0. The number of benzene rings is 7. The fourth-order valence-corrected chi connectivity index (χ4v) is 7.47. The summed E-state index contributed by atoms with van der Waals surface area (Å²) in [6.07, 6.45) is -10.4. The van der Waals surface area contributed by atoms with Crippen LogP contribution in [0.5, 0.6) is 0 Å². The van der Waals surface area contributed by atoms with E-state index in [2.05, 4.69) is 203 Å². The van der Waals surface area contributed by atoms with E-state index in [1.807, 2.05) is 24.3 Å². The molecular weight excluding hydrogens is 907 g/mol. The van der Waals surface area contributed by atoms with Gasteiger partial charge in [-0.25, -0.2) is 0 Å². The largest absolute Gasteiger partial charge is 0.542 e. The van der Waals surface area contributed by atoms with E-state index in [9.17, 15) is 26.3 Å². The van der Waals surface area contributed by atoms with Crippen LogP contribution < -0.4 is 30.8 Å². The smallest absolute Gasteiger partial charge is 0.430 e. The fraction of sp³-hybridized carbons (Fsp3) is 0.0357. The molecule has 0 atom stereocenters. The Morgan fingerprint density at radius 2 is 0.543 bits per heavy atom. The predicted octanol–water partition coefficient (Wildman–Crippen LogP) is 10.0. The molecule has 0 aliphatic carbocycles. The summed E-state index contributed by atoms with van der Waals surface area (Å²) in [6, 6.07) is 76.7. The first-order chi connectivity index (χ1) is 33.5. The molecule has 0 aliphatic rings. The molecule has 350 valence electrons. The number of carboxylic acid groups (broad SMARTS) is 2.